The molecule has 1 unspecified atom stereocenters. The van der Waals surface area contributed by atoms with Crippen molar-refractivity contribution in [2.45, 2.75) is 32.1 Å². The molecule has 0 amide bonds. The first-order valence-corrected chi connectivity index (χ1v) is 9.73. The molecule has 1 heterocycles. The van der Waals surface area contributed by atoms with Crippen LogP contribution in [0.2, 0.25) is 0 Å². The molecule has 24 heavy (non-hydrogen) atoms. The van der Waals surface area contributed by atoms with Gasteiger partial charge in [-0.05, 0) is 49.1 Å². The third-order valence-electron chi connectivity index (χ3n) is 4.62. The number of sulfonamides is 1. The molecule has 0 saturated carbocycles. The third-order valence-corrected chi connectivity index (χ3v) is 6.53. The number of fused-ring (bicyclic) bond motifs is 1. The molecule has 2 aromatic rings. The number of nitrogens with zero attached hydrogens (tertiary/aromatic N) is 1. The smallest absolute Gasteiger partial charge is 0.218 e. The Hall–Kier alpha value is -1.85. The van der Waals surface area contributed by atoms with Crippen LogP contribution >= 0.6 is 0 Å². The van der Waals surface area contributed by atoms with Gasteiger partial charge in [0.05, 0.1) is 12.9 Å². The van der Waals surface area contributed by atoms with Crippen LogP contribution in [0.15, 0.2) is 42.5 Å². The normalized spacial score (nSPS) is 18.2. The quantitative estimate of drug-likeness (QED) is 0.853. The predicted octanol–water partition coefficient (Wildman–Crippen LogP) is 3.45. The molecule has 1 aliphatic rings. The van der Waals surface area contributed by atoms with Gasteiger partial charge in [-0.25, -0.2) is 8.42 Å². The number of hydrogen-bond acceptors (Lipinski definition) is 3. The van der Waals surface area contributed by atoms with Gasteiger partial charge in [-0.1, -0.05) is 35.9 Å². The molecular formula is C19H23NO3S. The van der Waals surface area contributed by atoms with Gasteiger partial charge in [-0.2, -0.15) is 4.31 Å². The lowest BCUT2D eigenvalue weighted by atomic mass is 9.95. The Labute approximate surface area is 144 Å². The molecule has 0 fully saturated rings. The number of aryl methyl sites for hydroxylation is 1. The van der Waals surface area contributed by atoms with Crippen LogP contribution in [0.25, 0.3) is 0 Å². The summed E-state index contributed by atoms with van der Waals surface area (Å²) < 4.78 is 32.7. The van der Waals surface area contributed by atoms with Crippen LogP contribution in [0.3, 0.4) is 0 Å². The van der Waals surface area contributed by atoms with Gasteiger partial charge in [-0.3, -0.25) is 0 Å². The maximum atomic E-state index is 12.9. The maximum Gasteiger partial charge on any atom is 0.218 e. The van der Waals surface area contributed by atoms with E-state index in [2.05, 4.69) is 0 Å². The zero-order valence-corrected chi connectivity index (χ0v) is 15.1. The molecule has 1 aliphatic heterocycles. The Balaban J connectivity index is 1.86. The Morgan fingerprint density at radius 3 is 2.71 bits per heavy atom. The monoisotopic (exact) mass is 345 g/mol. The second kappa shape index (κ2) is 6.57. The highest BCUT2D eigenvalue weighted by molar-refractivity contribution is 7.88. The molecule has 4 nitrogen and oxygen atoms in total. The van der Waals surface area contributed by atoms with E-state index in [1.54, 1.807) is 11.4 Å². The minimum atomic E-state index is -3.36. The molecule has 0 saturated heterocycles. The van der Waals surface area contributed by atoms with E-state index in [4.69, 9.17) is 4.74 Å². The van der Waals surface area contributed by atoms with Crippen molar-refractivity contribution in [1.29, 1.82) is 0 Å². The first kappa shape index (κ1) is 17.0. The largest absolute Gasteiger partial charge is 0.497 e. The topological polar surface area (TPSA) is 46.6 Å². The molecule has 2 aromatic carbocycles. The predicted molar refractivity (Wildman–Crippen MR) is 95.6 cm³/mol. The van der Waals surface area contributed by atoms with E-state index in [0.717, 1.165) is 22.4 Å². The van der Waals surface area contributed by atoms with Gasteiger partial charge in [-0.15, -0.1) is 0 Å². The summed E-state index contributed by atoms with van der Waals surface area (Å²) in [6, 6.07) is 13.4. The van der Waals surface area contributed by atoms with Crippen molar-refractivity contribution in [2.24, 2.45) is 0 Å². The van der Waals surface area contributed by atoms with Gasteiger partial charge in [0.15, 0.2) is 0 Å². The number of rotatable bonds is 4. The van der Waals surface area contributed by atoms with E-state index in [-0.39, 0.29) is 11.8 Å². The number of ether oxygens (including phenoxy) is 1. The lowest BCUT2D eigenvalue weighted by Crippen LogP contribution is -2.39. The van der Waals surface area contributed by atoms with Crippen LogP contribution in [-0.2, 0) is 22.2 Å². The van der Waals surface area contributed by atoms with Crippen molar-refractivity contribution in [3.8, 4) is 5.75 Å². The number of hydrogen-bond donors (Lipinski definition) is 0. The van der Waals surface area contributed by atoms with E-state index in [0.29, 0.717) is 13.0 Å². The van der Waals surface area contributed by atoms with E-state index in [9.17, 15) is 8.42 Å². The molecule has 128 valence electrons. The summed E-state index contributed by atoms with van der Waals surface area (Å²) in [5, 5.41) is 0. The van der Waals surface area contributed by atoms with Crippen molar-refractivity contribution >= 4 is 10.0 Å². The second-order valence-corrected chi connectivity index (χ2v) is 8.27. The van der Waals surface area contributed by atoms with E-state index < -0.39 is 10.0 Å². The summed E-state index contributed by atoms with van der Waals surface area (Å²) in [7, 11) is -1.71. The van der Waals surface area contributed by atoms with Crippen LogP contribution in [0.5, 0.6) is 5.75 Å². The van der Waals surface area contributed by atoms with Gasteiger partial charge in [0.25, 0.3) is 0 Å². The standard InChI is InChI=1S/C19H23NO3S/c1-14-5-4-6-16(11-14)13-24(21,22)20-10-9-17-12-18(23-3)7-8-19(17)15(20)2/h4-8,11-12,15H,9-10,13H2,1-3H3. The highest BCUT2D eigenvalue weighted by atomic mass is 32.2. The summed E-state index contributed by atoms with van der Waals surface area (Å²) in [5.74, 6) is 0.863. The molecule has 5 heteroatoms. The van der Waals surface area contributed by atoms with Crippen LogP contribution in [0.4, 0.5) is 0 Å². The summed E-state index contributed by atoms with van der Waals surface area (Å²) in [6.07, 6.45) is 0.712. The number of methoxy groups -OCH3 is 1. The van der Waals surface area contributed by atoms with Crippen molar-refractivity contribution in [3.63, 3.8) is 0 Å². The lowest BCUT2D eigenvalue weighted by molar-refractivity contribution is 0.325. The van der Waals surface area contributed by atoms with Gasteiger partial charge in [0.2, 0.25) is 10.0 Å². The van der Waals surface area contributed by atoms with Gasteiger partial charge >= 0.3 is 0 Å². The zero-order valence-electron chi connectivity index (χ0n) is 14.3. The van der Waals surface area contributed by atoms with Crippen LogP contribution in [0, 0.1) is 6.92 Å². The average molecular weight is 345 g/mol. The molecule has 0 radical (unpaired) electrons. The fourth-order valence-electron chi connectivity index (χ4n) is 3.39. The first-order chi connectivity index (χ1) is 11.4. The van der Waals surface area contributed by atoms with Crippen LogP contribution < -0.4 is 4.74 Å². The van der Waals surface area contributed by atoms with E-state index in [1.807, 2.05) is 56.3 Å². The fourth-order valence-corrected chi connectivity index (χ4v) is 5.12. The third kappa shape index (κ3) is 3.32. The van der Waals surface area contributed by atoms with Gasteiger partial charge in [0.1, 0.15) is 5.75 Å². The van der Waals surface area contributed by atoms with E-state index in [1.165, 1.54) is 5.56 Å². The van der Waals surface area contributed by atoms with Crippen molar-refractivity contribution in [3.05, 3.63) is 64.7 Å². The Kier molecular flexibility index (Phi) is 4.65. The Morgan fingerprint density at radius 2 is 2.00 bits per heavy atom. The van der Waals surface area contributed by atoms with E-state index >= 15 is 0 Å². The molecule has 1 atom stereocenters. The van der Waals surface area contributed by atoms with Crippen LogP contribution in [0.1, 0.15) is 35.2 Å². The fraction of sp³-hybridized carbons (Fsp3) is 0.368. The summed E-state index contributed by atoms with van der Waals surface area (Å²) in [6.45, 7) is 4.44. The zero-order chi connectivity index (χ0) is 17.3. The molecule has 0 aliphatic carbocycles. The lowest BCUT2D eigenvalue weighted by Gasteiger charge is -2.34. The maximum absolute atomic E-state index is 12.9. The van der Waals surface area contributed by atoms with Crippen molar-refractivity contribution < 1.29 is 13.2 Å². The first-order valence-electron chi connectivity index (χ1n) is 8.12. The van der Waals surface area contributed by atoms with Gasteiger partial charge in [0, 0.05) is 12.6 Å². The molecule has 0 N–H and O–H groups in total. The highest BCUT2D eigenvalue weighted by Gasteiger charge is 2.32. The minimum Gasteiger partial charge on any atom is -0.497 e. The molecule has 0 bridgehead atoms. The Bertz CT molecular complexity index is 845. The van der Waals surface area contributed by atoms with Crippen molar-refractivity contribution in [1.82, 2.24) is 4.31 Å². The van der Waals surface area contributed by atoms with Crippen LogP contribution in [-0.4, -0.2) is 26.4 Å². The Morgan fingerprint density at radius 1 is 1.21 bits per heavy atom. The average Bonchev–Trinajstić information content (AvgIpc) is 2.54. The molecule has 0 spiro atoms. The summed E-state index contributed by atoms with van der Waals surface area (Å²) in [4.78, 5) is 0. The highest BCUT2D eigenvalue weighted by Crippen LogP contribution is 2.34. The number of benzene rings is 2. The summed E-state index contributed by atoms with van der Waals surface area (Å²) >= 11 is 0. The molecular weight excluding hydrogens is 322 g/mol. The molecule has 0 aromatic heterocycles. The second-order valence-electron chi connectivity index (χ2n) is 6.35. The van der Waals surface area contributed by atoms with Gasteiger partial charge < -0.3 is 4.74 Å². The summed E-state index contributed by atoms with van der Waals surface area (Å²) in [5.41, 5.74) is 4.15. The SMILES string of the molecule is COc1ccc2c(c1)CCN(S(=O)(=O)Cc1cccc(C)c1)C2C. The van der Waals surface area contributed by atoms with Crippen molar-refractivity contribution in [2.75, 3.05) is 13.7 Å². The molecule has 3 rings (SSSR count). The minimum absolute atomic E-state index is 0.0461.